The summed E-state index contributed by atoms with van der Waals surface area (Å²) in [7, 11) is 1.97. The van der Waals surface area contributed by atoms with Gasteiger partial charge in [0, 0.05) is 24.3 Å². The number of nitrogen functional groups attached to an aromatic ring is 1. The van der Waals surface area contributed by atoms with E-state index in [1.807, 2.05) is 36.0 Å². The minimum absolute atomic E-state index is 0.674. The summed E-state index contributed by atoms with van der Waals surface area (Å²) in [4.78, 5) is 5.35. The summed E-state index contributed by atoms with van der Waals surface area (Å²) in [5.41, 5.74) is 6.55. The first kappa shape index (κ1) is 12.8. The van der Waals surface area contributed by atoms with Gasteiger partial charge in [-0.2, -0.15) is 0 Å². The zero-order valence-corrected chi connectivity index (χ0v) is 11.4. The SMILES string of the molecule is CCCOc1cc(Sc2nccn2C)ccc1N. The molecule has 1 aromatic carbocycles. The van der Waals surface area contributed by atoms with Crippen molar-refractivity contribution in [2.24, 2.45) is 7.05 Å². The highest BCUT2D eigenvalue weighted by Gasteiger charge is 2.06. The van der Waals surface area contributed by atoms with Crippen molar-refractivity contribution < 1.29 is 4.74 Å². The second kappa shape index (κ2) is 5.82. The van der Waals surface area contributed by atoms with Crippen molar-refractivity contribution in [2.75, 3.05) is 12.3 Å². The highest BCUT2D eigenvalue weighted by Crippen LogP contribution is 2.32. The smallest absolute Gasteiger partial charge is 0.172 e. The lowest BCUT2D eigenvalue weighted by Crippen LogP contribution is -1.99. The minimum Gasteiger partial charge on any atom is -0.491 e. The normalized spacial score (nSPS) is 10.6. The van der Waals surface area contributed by atoms with Gasteiger partial charge in [0.15, 0.2) is 5.16 Å². The third-order valence-electron chi connectivity index (χ3n) is 2.43. The summed E-state index contributed by atoms with van der Waals surface area (Å²) < 4.78 is 7.59. The molecule has 96 valence electrons. The van der Waals surface area contributed by atoms with Crippen LogP contribution in [0.1, 0.15) is 13.3 Å². The molecule has 0 saturated heterocycles. The second-order valence-corrected chi connectivity index (χ2v) is 5.01. The molecule has 0 aliphatic carbocycles. The molecule has 2 N–H and O–H groups in total. The summed E-state index contributed by atoms with van der Waals surface area (Å²) in [6.07, 6.45) is 4.68. The molecule has 2 rings (SSSR count). The van der Waals surface area contributed by atoms with Gasteiger partial charge in [0.25, 0.3) is 0 Å². The van der Waals surface area contributed by atoms with Crippen LogP contribution in [0.15, 0.2) is 40.6 Å². The van der Waals surface area contributed by atoms with Crippen LogP contribution in [0.2, 0.25) is 0 Å². The number of hydrogen-bond acceptors (Lipinski definition) is 4. The highest BCUT2D eigenvalue weighted by atomic mass is 32.2. The fourth-order valence-corrected chi connectivity index (χ4v) is 2.30. The monoisotopic (exact) mass is 263 g/mol. The Balaban J connectivity index is 2.16. The topological polar surface area (TPSA) is 53.1 Å². The van der Waals surface area contributed by atoms with Gasteiger partial charge in [-0.15, -0.1) is 0 Å². The van der Waals surface area contributed by atoms with E-state index in [0.29, 0.717) is 12.3 Å². The third-order valence-corrected chi connectivity index (χ3v) is 3.50. The summed E-state index contributed by atoms with van der Waals surface area (Å²) in [5, 5.41) is 0.946. The Morgan fingerprint density at radius 2 is 2.28 bits per heavy atom. The van der Waals surface area contributed by atoms with E-state index in [2.05, 4.69) is 11.9 Å². The maximum absolute atomic E-state index is 5.88. The largest absolute Gasteiger partial charge is 0.491 e. The van der Waals surface area contributed by atoms with Gasteiger partial charge in [-0.1, -0.05) is 18.7 Å². The zero-order valence-electron chi connectivity index (χ0n) is 10.6. The zero-order chi connectivity index (χ0) is 13.0. The number of anilines is 1. The van der Waals surface area contributed by atoms with E-state index >= 15 is 0 Å². The number of nitrogens with zero attached hydrogens (tertiary/aromatic N) is 2. The number of aryl methyl sites for hydroxylation is 1. The first-order valence-corrected chi connectivity index (χ1v) is 6.70. The van der Waals surface area contributed by atoms with Crippen molar-refractivity contribution in [3.63, 3.8) is 0 Å². The van der Waals surface area contributed by atoms with E-state index < -0.39 is 0 Å². The fraction of sp³-hybridized carbons (Fsp3) is 0.308. The molecule has 4 nitrogen and oxygen atoms in total. The molecular formula is C13H17N3OS. The summed E-state index contributed by atoms with van der Waals surface area (Å²) in [6.45, 7) is 2.75. The molecule has 5 heteroatoms. The molecule has 0 saturated carbocycles. The average molecular weight is 263 g/mol. The Hall–Kier alpha value is -1.62. The average Bonchev–Trinajstić information content (AvgIpc) is 2.76. The molecular weight excluding hydrogens is 246 g/mol. The Bertz CT molecular complexity index is 525. The molecule has 0 radical (unpaired) electrons. The number of imidazole rings is 1. The first-order chi connectivity index (χ1) is 8.70. The van der Waals surface area contributed by atoms with Gasteiger partial charge in [-0.25, -0.2) is 4.98 Å². The van der Waals surface area contributed by atoms with E-state index in [-0.39, 0.29) is 0 Å². The third kappa shape index (κ3) is 2.98. The second-order valence-electron chi connectivity index (χ2n) is 3.97. The number of benzene rings is 1. The highest BCUT2D eigenvalue weighted by molar-refractivity contribution is 7.99. The van der Waals surface area contributed by atoms with Gasteiger partial charge in [0.05, 0.1) is 12.3 Å². The molecule has 0 atom stereocenters. The van der Waals surface area contributed by atoms with Crippen LogP contribution in [-0.2, 0) is 7.05 Å². The molecule has 0 unspecified atom stereocenters. The Kier molecular flexibility index (Phi) is 4.15. The standard InChI is InChI=1S/C13H17N3OS/c1-3-8-17-12-9-10(4-5-11(12)14)18-13-15-6-7-16(13)2/h4-7,9H,3,8,14H2,1-2H3. The van der Waals surface area contributed by atoms with Crippen molar-refractivity contribution in [1.29, 1.82) is 0 Å². The number of hydrogen-bond donors (Lipinski definition) is 1. The van der Waals surface area contributed by atoms with E-state index in [1.54, 1.807) is 18.0 Å². The van der Waals surface area contributed by atoms with Gasteiger partial charge in [0.1, 0.15) is 5.75 Å². The van der Waals surface area contributed by atoms with Crippen LogP contribution in [-0.4, -0.2) is 16.2 Å². The molecule has 1 aromatic heterocycles. The number of nitrogens with two attached hydrogens (primary N) is 1. The van der Waals surface area contributed by atoms with Crippen LogP contribution in [0.25, 0.3) is 0 Å². The number of rotatable bonds is 5. The van der Waals surface area contributed by atoms with E-state index in [4.69, 9.17) is 10.5 Å². The number of ether oxygens (including phenoxy) is 1. The first-order valence-electron chi connectivity index (χ1n) is 5.88. The fourth-order valence-electron chi connectivity index (χ4n) is 1.47. The van der Waals surface area contributed by atoms with Crippen LogP contribution in [0.5, 0.6) is 5.75 Å². The predicted molar refractivity (Wildman–Crippen MR) is 74.0 cm³/mol. The quantitative estimate of drug-likeness (QED) is 0.843. The molecule has 0 amide bonds. The Labute approximate surface area is 111 Å². The van der Waals surface area contributed by atoms with Crippen molar-refractivity contribution in [2.45, 2.75) is 23.4 Å². The minimum atomic E-state index is 0.674. The molecule has 0 spiro atoms. The van der Waals surface area contributed by atoms with E-state index in [9.17, 15) is 0 Å². The van der Waals surface area contributed by atoms with Crippen molar-refractivity contribution >= 4 is 17.4 Å². The van der Waals surface area contributed by atoms with Crippen molar-refractivity contribution in [1.82, 2.24) is 9.55 Å². The summed E-state index contributed by atoms with van der Waals surface area (Å²) in [6, 6.07) is 5.81. The molecule has 18 heavy (non-hydrogen) atoms. The van der Waals surface area contributed by atoms with E-state index in [1.165, 1.54) is 0 Å². The lowest BCUT2D eigenvalue weighted by atomic mass is 10.3. The maximum atomic E-state index is 5.88. The molecule has 2 aromatic rings. The molecule has 0 bridgehead atoms. The van der Waals surface area contributed by atoms with Gasteiger partial charge in [0.2, 0.25) is 0 Å². The lowest BCUT2D eigenvalue weighted by Gasteiger charge is -2.09. The van der Waals surface area contributed by atoms with E-state index in [0.717, 1.165) is 22.2 Å². The molecule has 0 aliphatic heterocycles. The van der Waals surface area contributed by atoms with Crippen LogP contribution in [0, 0.1) is 0 Å². The predicted octanol–water partition coefficient (Wildman–Crippen LogP) is 2.94. The van der Waals surface area contributed by atoms with Gasteiger partial charge >= 0.3 is 0 Å². The van der Waals surface area contributed by atoms with Crippen LogP contribution >= 0.6 is 11.8 Å². The maximum Gasteiger partial charge on any atom is 0.172 e. The van der Waals surface area contributed by atoms with Crippen LogP contribution in [0.3, 0.4) is 0 Å². The summed E-state index contributed by atoms with van der Waals surface area (Å²) >= 11 is 1.59. The summed E-state index contributed by atoms with van der Waals surface area (Å²) in [5.74, 6) is 0.746. The van der Waals surface area contributed by atoms with Gasteiger partial charge < -0.3 is 15.0 Å². The molecule has 0 aliphatic rings. The molecule has 0 fully saturated rings. The molecule has 1 heterocycles. The van der Waals surface area contributed by atoms with Crippen LogP contribution < -0.4 is 10.5 Å². The lowest BCUT2D eigenvalue weighted by molar-refractivity contribution is 0.318. The van der Waals surface area contributed by atoms with Crippen molar-refractivity contribution in [3.05, 3.63) is 30.6 Å². The Morgan fingerprint density at radius 1 is 1.44 bits per heavy atom. The van der Waals surface area contributed by atoms with Gasteiger partial charge in [-0.05, 0) is 24.6 Å². The number of aromatic nitrogens is 2. The van der Waals surface area contributed by atoms with Crippen LogP contribution in [0.4, 0.5) is 5.69 Å². The van der Waals surface area contributed by atoms with Gasteiger partial charge in [-0.3, -0.25) is 0 Å². The van der Waals surface area contributed by atoms with Crippen molar-refractivity contribution in [3.8, 4) is 5.75 Å². The Morgan fingerprint density at radius 3 is 2.94 bits per heavy atom.